The Morgan fingerprint density at radius 1 is 0.947 bits per heavy atom. The Bertz CT molecular complexity index is 368. The van der Waals surface area contributed by atoms with Crippen LogP contribution in [0.25, 0.3) is 0 Å². The minimum atomic E-state index is 0.448. The normalized spacial score (nSPS) is 12.9. The molecule has 1 heterocycles. The molecule has 2 heteroatoms. The molecule has 1 aromatic rings. The molecule has 2 nitrogen and oxygen atoms in total. The fraction of sp³-hybridized carbons (Fsp3) is 0.765. The van der Waals surface area contributed by atoms with Crippen LogP contribution in [0.3, 0.4) is 0 Å². The van der Waals surface area contributed by atoms with E-state index in [2.05, 4.69) is 40.1 Å². The van der Waals surface area contributed by atoms with Crippen molar-refractivity contribution >= 4 is 0 Å². The van der Waals surface area contributed by atoms with E-state index in [0.29, 0.717) is 6.04 Å². The van der Waals surface area contributed by atoms with Crippen molar-refractivity contribution in [2.75, 3.05) is 7.05 Å². The molecule has 0 aliphatic heterocycles. The molecule has 0 aliphatic rings. The Balaban J connectivity index is 2.45. The van der Waals surface area contributed by atoms with Crippen LogP contribution in [-0.4, -0.2) is 7.05 Å². The largest absolute Gasteiger partial charge is 0.466 e. The number of rotatable bonds is 9. The molecule has 1 rings (SSSR count). The lowest BCUT2D eigenvalue weighted by atomic mass is 9.96. The van der Waals surface area contributed by atoms with E-state index in [1.807, 2.05) is 0 Å². The van der Waals surface area contributed by atoms with Crippen LogP contribution < -0.4 is 5.32 Å². The second-order valence-electron chi connectivity index (χ2n) is 5.65. The van der Waals surface area contributed by atoms with E-state index in [1.165, 1.54) is 56.1 Å². The van der Waals surface area contributed by atoms with Crippen molar-refractivity contribution in [3.63, 3.8) is 0 Å². The van der Waals surface area contributed by atoms with Crippen molar-refractivity contribution in [3.05, 3.63) is 22.6 Å². The Labute approximate surface area is 119 Å². The Morgan fingerprint density at radius 2 is 1.58 bits per heavy atom. The van der Waals surface area contributed by atoms with Crippen LogP contribution in [0.5, 0.6) is 0 Å². The maximum Gasteiger partial charge on any atom is 0.106 e. The van der Waals surface area contributed by atoms with Gasteiger partial charge in [0, 0.05) is 11.6 Å². The summed E-state index contributed by atoms with van der Waals surface area (Å²) in [6.45, 7) is 8.58. The molecule has 1 atom stereocenters. The lowest BCUT2D eigenvalue weighted by Gasteiger charge is -2.17. The second-order valence-corrected chi connectivity index (χ2v) is 5.65. The van der Waals surface area contributed by atoms with Crippen molar-refractivity contribution < 1.29 is 4.42 Å². The predicted octanol–water partition coefficient (Wildman–Crippen LogP) is 5.22. The van der Waals surface area contributed by atoms with Crippen LogP contribution >= 0.6 is 0 Å². The van der Waals surface area contributed by atoms with E-state index in [4.69, 9.17) is 4.42 Å². The van der Waals surface area contributed by atoms with Crippen LogP contribution in [0.15, 0.2) is 4.42 Å². The first-order valence-electron chi connectivity index (χ1n) is 7.85. The minimum absolute atomic E-state index is 0.448. The number of hydrogen-bond donors (Lipinski definition) is 1. The number of nitrogens with one attached hydrogen (secondary N) is 1. The van der Waals surface area contributed by atoms with Crippen molar-refractivity contribution in [2.24, 2.45) is 0 Å². The predicted molar refractivity (Wildman–Crippen MR) is 82.7 cm³/mol. The fourth-order valence-electron chi connectivity index (χ4n) is 2.88. The molecule has 19 heavy (non-hydrogen) atoms. The first-order chi connectivity index (χ1) is 9.11. The van der Waals surface area contributed by atoms with Crippen molar-refractivity contribution in [1.29, 1.82) is 0 Å². The van der Waals surface area contributed by atoms with E-state index < -0.39 is 0 Å². The summed E-state index contributed by atoms with van der Waals surface area (Å²) in [5, 5.41) is 3.46. The van der Waals surface area contributed by atoms with Crippen LogP contribution in [0.4, 0.5) is 0 Å². The van der Waals surface area contributed by atoms with Crippen molar-refractivity contribution in [2.45, 2.75) is 78.7 Å². The van der Waals surface area contributed by atoms with Gasteiger partial charge in [0.25, 0.3) is 0 Å². The molecule has 110 valence electrons. The van der Waals surface area contributed by atoms with E-state index in [9.17, 15) is 0 Å². The number of aryl methyl sites for hydroxylation is 2. The maximum absolute atomic E-state index is 5.75. The van der Waals surface area contributed by atoms with Gasteiger partial charge in [0.2, 0.25) is 0 Å². The number of furan rings is 1. The van der Waals surface area contributed by atoms with Gasteiger partial charge in [-0.15, -0.1) is 0 Å². The Kier molecular flexibility index (Phi) is 7.22. The molecular weight excluding hydrogens is 234 g/mol. The van der Waals surface area contributed by atoms with Gasteiger partial charge in [-0.3, -0.25) is 0 Å². The summed E-state index contributed by atoms with van der Waals surface area (Å²) in [7, 11) is 2.06. The zero-order valence-electron chi connectivity index (χ0n) is 13.4. The average Bonchev–Trinajstić information content (AvgIpc) is 2.64. The summed E-state index contributed by atoms with van der Waals surface area (Å²) in [5.41, 5.74) is 2.70. The highest BCUT2D eigenvalue weighted by Gasteiger charge is 2.19. The molecule has 0 saturated heterocycles. The molecule has 1 aromatic heterocycles. The lowest BCUT2D eigenvalue weighted by Crippen LogP contribution is -2.17. The standard InChI is InChI=1S/C17H31NO/c1-6-7-8-9-10-11-12-16(18-5)17-13(2)14(3)19-15(17)4/h16,18H,6-12H2,1-5H3. The molecule has 0 bridgehead atoms. The lowest BCUT2D eigenvalue weighted by molar-refractivity contribution is 0.470. The van der Waals surface area contributed by atoms with Gasteiger partial charge in [0.1, 0.15) is 11.5 Å². The summed E-state index contributed by atoms with van der Waals surface area (Å²) in [4.78, 5) is 0. The van der Waals surface area contributed by atoms with Crippen molar-refractivity contribution in [1.82, 2.24) is 5.32 Å². The number of unbranched alkanes of at least 4 members (excludes halogenated alkanes) is 5. The van der Waals surface area contributed by atoms with Gasteiger partial charge >= 0.3 is 0 Å². The topological polar surface area (TPSA) is 25.2 Å². The molecule has 0 spiro atoms. The van der Waals surface area contributed by atoms with Crippen LogP contribution in [-0.2, 0) is 0 Å². The fourth-order valence-corrected chi connectivity index (χ4v) is 2.88. The zero-order valence-corrected chi connectivity index (χ0v) is 13.4. The molecule has 0 amide bonds. The Hall–Kier alpha value is -0.760. The first-order valence-corrected chi connectivity index (χ1v) is 7.85. The van der Waals surface area contributed by atoms with E-state index in [0.717, 1.165) is 11.5 Å². The zero-order chi connectivity index (χ0) is 14.3. The first kappa shape index (κ1) is 16.3. The van der Waals surface area contributed by atoms with Gasteiger partial charge in [-0.2, -0.15) is 0 Å². The number of hydrogen-bond acceptors (Lipinski definition) is 2. The van der Waals surface area contributed by atoms with Gasteiger partial charge in [-0.05, 0) is 39.8 Å². The maximum atomic E-state index is 5.75. The van der Waals surface area contributed by atoms with Gasteiger partial charge in [0.15, 0.2) is 0 Å². The van der Waals surface area contributed by atoms with Crippen molar-refractivity contribution in [3.8, 4) is 0 Å². The third-order valence-corrected chi connectivity index (χ3v) is 4.16. The third kappa shape index (κ3) is 4.68. The van der Waals surface area contributed by atoms with E-state index in [-0.39, 0.29) is 0 Å². The second kappa shape index (κ2) is 8.42. The molecular formula is C17H31NO. The SMILES string of the molecule is CCCCCCCCC(NC)c1c(C)oc(C)c1C. The average molecular weight is 265 g/mol. The summed E-state index contributed by atoms with van der Waals surface area (Å²) in [6.07, 6.45) is 9.35. The molecule has 1 N–H and O–H groups in total. The van der Waals surface area contributed by atoms with Gasteiger partial charge < -0.3 is 9.73 Å². The van der Waals surface area contributed by atoms with E-state index in [1.54, 1.807) is 0 Å². The molecule has 0 saturated carbocycles. The minimum Gasteiger partial charge on any atom is -0.466 e. The molecule has 0 fully saturated rings. The smallest absolute Gasteiger partial charge is 0.106 e. The van der Waals surface area contributed by atoms with Gasteiger partial charge in [-0.25, -0.2) is 0 Å². The monoisotopic (exact) mass is 265 g/mol. The van der Waals surface area contributed by atoms with Gasteiger partial charge in [-0.1, -0.05) is 45.4 Å². The third-order valence-electron chi connectivity index (χ3n) is 4.16. The molecule has 0 aromatic carbocycles. The summed E-state index contributed by atoms with van der Waals surface area (Å²) < 4.78 is 5.75. The summed E-state index contributed by atoms with van der Waals surface area (Å²) in [5.74, 6) is 2.15. The molecule has 1 unspecified atom stereocenters. The summed E-state index contributed by atoms with van der Waals surface area (Å²) >= 11 is 0. The highest BCUT2D eigenvalue weighted by molar-refractivity contribution is 5.34. The van der Waals surface area contributed by atoms with Crippen LogP contribution in [0.2, 0.25) is 0 Å². The van der Waals surface area contributed by atoms with E-state index >= 15 is 0 Å². The van der Waals surface area contributed by atoms with Crippen LogP contribution in [0, 0.1) is 20.8 Å². The quantitative estimate of drug-likeness (QED) is 0.619. The van der Waals surface area contributed by atoms with Crippen LogP contribution in [0.1, 0.15) is 80.6 Å². The molecule has 0 aliphatic carbocycles. The van der Waals surface area contributed by atoms with Gasteiger partial charge in [0.05, 0.1) is 0 Å². The summed E-state index contributed by atoms with van der Waals surface area (Å²) in [6, 6.07) is 0.448. The highest BCUT2D eigenvalue weighted by atomic mass is 16.3. The highest BCUT2D eigenvalue weighted by Crippen LogP contribution is 2.30. The molecule has 0 radical (unpaired) electrons. The Morgan fingerprint density at radius 3 is 2.11 bits per heavy atom.